The average molecular weight is 358 g/mol. The Kier molecular flexibility index (Phi) is 7.01. The fraction of sp³-hybridized carbons (Fsp3) is 0.188. The first kappa shape index (κ1) is 18.8. The van der Waals surface area contributed by atoms with Crippen molar-refractivity contribution in [3.05, 3.63) is 54.4 Å². The first-order valence-corrected chi connectivity index (χ1v) is 7.62. The van der Waals surface area contributed by atoms with Crippen LogP contribution in [0.25, 0.3) is 11.4 Å². The number of nitrogens with one attached hydrogen (secondary N) is 2. The second-order valence-electron chi connectivity index (χ2n) is 4.97. The third-order valence-corrected chi connectivity index (χ3v) is 3.38. The maximum absolute atomic E-state index is 12.9. The summed E-state index contributed by atoms with van der Waals surface area (Å²) in [6, 6.07) is 7.15. The van der Waals surface area contributed by atoms with E-state index in [1.165, 1.54) is 11.2 Å². The van der Waals surface area contributed by atoms with Gasteiger partial charge in [0.15, 0.2) is 5.82 Å². The Morgan fingerprint density at radius 2 is 2.04 bits per heavy atom. The van der Waals surface area contributed by atoms with E-state index in [1.54, 1.807) is 30.6 Å². The second-order valence-corrected chi connectivity index (χ2v) is 4.97. The van der Waals surface area contributed by atoms with Crippen molar-refractivity contribution in [2.24, 2.45) is 0 Å². The highest BCUT2D eigenvalue weighted by atomic mass is 16.3. The molecule has 10 nitrogen and oxygen atoms in total. The van der Waals surface area contributed by atoms with Crippen LogP contribution in [0.2, 0.25) is 0 Å². The summed E-state index contributed by atoms with van der Waals surface area (Å²) in [5, 5.41) is 22.7. The van der Waals surface area contributed by atoms with E-state index in [4.69, 9.17) is 9.90 Å². The summed E-state index contributed by atoms with van der Waals surface area (Å²) in [6.45, 7) is 0.123. The van der Waals surface area contributed by atoms with Crippen molar-refractivity contribution in [3.63, 3.8) is 0 Å². The lowest BCUT2D eigenvalue weighted by molar-refractivity contribution is -0.122. The van der Waals surface area contributed by atoms with E-state index < -0.39 is 0 Å². The van der Waals surface area contributed by atoms with Crippen LogP contribution < -0.4 is 0 Å². The highest BCUT2D eigenvalue weighted by molar-refractivity contribution is 6.00. The molecule has 3 aromatic rings. The van der Waals surface area contributed by atoms with Crippen molar-refractivity contribution in [2.45, 2.75) is 6.54 Å². The first-order chi connectivity index (χ1) is 12.7. The molecule has 4 N–H and O–H groups in total. The molecule has 136 valence electrons. The van der Waals surface area contributed by atoms with E-state index in [2.05, 4.69) is 25.1 Å². The van der Waals surface area contributed by atoms with Crippen LogP contribution in [0.4, 0.5) is 0 Å². The van der Waals surface area contributed by atoms with Crippen molar-refractivity contribution in [1.82, 2.24) is 30.0 Å². The molecule has 3 rings (SSSR count). The molecule has 0 fully saturated rings. The predicted molar refractivity (Wildman–Crippen MR) is 90.9 cm³/mol. The molecule has 0 aliphatic carbocycles. The molecule has 10 heteroatoms. The minimum Gasteiger partial charge on any atom is -0.483 e. The van der Waals surface area contributed by atoms with E-state index >= 15 is 0 Å². The zero-order valence-electron chi connectivity index (χ0n) is 13.7. The van der Waals surface area contributed by atoms with E-state index in [-0.39, 0.29) is 32.1 Å². The van der Waals surface area contributed by atoms with Crippen LogP contribution in [0.1, 0.15) is 16.2 Å². The molecule has 2 heterocycles. The van der Waals surface area contributed by atoms with Crippen LogP contribution >= 0.6 is 0 Å². The largest absolute Gasteiger partial charge is 0.483 e. The highest BCUT2D eigenvalue weighted by Gasteiger charge is 2.21. The van der Waals surface area contributed by atoms with Gasteiger partial charge in [-0.15, -0.1) is 0 Å². The topological polar surface area (TPSA) is 148 Å². The number of carbonyl (C=O) groups excluding carboxylic acids is 1. The number of nitrogens with zero attached hydrogens (tertiary/aromatic N) is 4. The van der Waals surface area contributed by atoms with Gasteiger partial charge in [-0.3, -0.25) is 14.7 Å². The van der Waals surface area contributed by atoms with Crippen LogP contribution in [0.15, 0.2) is 43.0 Å². The number of benzene rings is 1. The number of H-pyrrole nitrogens is 2. The van der Waals surface area contributed by atoms with Crippen LogP contribution in [-0.2, 0) is 11.3 Å². The summed E-state index contributed by atoms with van der Waals surface area (Å²) >= 11 is 0. The lowest BCUT2D eigenvalue weighted by Crippen LogP contribution is -2.33. The molecule has 0 bridgehead atoms. The number of aliphatic hydroxyl groups is 1. The lowest BCUT2D eigenvalue weighted by atomic mass is 10.1. The van der Waals surface area contributed by atoms with E-state index in [0.29, 0.717) is 22.8 Å². The highest BCUT2D eigenvalue weighted by Crippen LogP contribution is 2.21. The normalized spacial score (nSPS) is 9.88. The molecule has 0 saturated heterocycles. The minimum absolute atomic E-state index is 0.128. The Bertz CT molecular complexity index is 804. The molecule has 1 amide bonds. The monoisotopic (exact) mass is 358 g/mol. The first-order valence-electron chi connectivity index (χ1n) is 7.62. The average Bonchev–Trinajstić information content (AvgIpc) is 3.35. The lowest BCUT2D eigenvalue weighted by Gasteiger charge is -2.21. The molecule has 26 heavy (non-hydrogen) atoms. The third-order valence-electron chi connectivity index (χ3n) is 3.38. The number of aliphatic hydroxyl groups excluding tert-OH is 1. The van der Waals surface area contributed by atoms with Crippen molar-refractivity contribution >= 4 is 12.4 Å². The number of hydrogen-bond donors (Lipinski definition) is 4. The summed E-state index contributed by atoms with van der Waals surface area (Å²) in [6.07, 6.45) is 4.71. The number of carboxylic acid groups (broad SMARTS) is 1. The van der Waals surface area contributed by atoms with Gasteiger partial charge in [-0.05, 0) is 6.07 Å². The van der Waals surface area contributed by atoms with Crippen molar-refractivity contribution < 1.29 is 19.8 Å². The molecule has 0 saturated carbocycles. The van der Waals surface area contributed by atoms with E-state index in [1.807, 2.05) is 6.07 Å². The fourth-order valence-corrected chi connectivity index (χ4v) is 2.32. The molecular weight excluding hydrogens is 340 g/mol. The Morgan fingerprint density at radius 3 is 2.65 bits per heavy atom. The molecular formula is C16H18N6O4. The second kappa shape index (κ2) is 9.69. The summed E-state index contributed by atoms with van der Waals surface area (Å²) in [5.74, 6) is 0.974. The van der Waals surface area contributed by atoms with Crippen LogP contribution in [0.3, 0.4) is 0 Å². The van der Waals surface area contributed by atoms with Crippen LogP contribution in [0, 0.1) is 0 Å². The zero-order valence-corrected chi connectivity index (χ0v) is 13.7. The maximum atomic E-state index is 12.9. The van der Waals surface area contributed by atoms with Gasteiger partial charge in [0.25, 0.3) is 12.4 Å². The van der Waals surface area contributed by atoms with Crippen LogP contribution in [-0.4, -0.2) is 65.8 Å². The summed E-state index contributed by atoms with van der Waals surface area (Å²) in [5.41, 5.74) is 1.15. The number of carbonyl (C=O) groups is 2. The van der Waals surface area contributed by atoms with Crippen molar-refractivity contribution in [1.29, 1.82) is 0 Å². The smallest absolute Gasteiger partial charge is 0.290 e. The molecule has 0 radical (unpaired) electrons. The molecule has 0 spiro atoms. The number of hydrogen-bond acceptors (Lipinski definition) is 6. The Hall–Kier alpha value is -3.53. The summed E-state index contributed by atoms with van der Waals surface area (Å²) in [7, 11) is 0. The SMILES string of the molecule is O=C(c1ccccc1-c1ncn[nH]1)N(CCO)Cc1ncc[nH]1.O=CO. The molecule has 1 aromatic carbocycles. The van der Waals surface area contributed by atoms with Gasteiger partial charge in [-0.2, -0.15) is 5.10 Å². The van der Waals surface area contributed by atoms with E-state index in [9.17, 15) is 9.90 Å². The molecule has 0 atom stereocenters. The van der Waals surface area contributed by atoms with Gasteiger partial charge >= 0.3 is 0 Å². The van der Waals surface area contributed by atoms with Crippen molar-refractivity contribution in [3.8, 4) is 11.4 Å². The molecule has 0 aliphatic rings. The van der Waals surface area contributed by atoms with Crippen molar-refractivity contribution in [2.75, 3.05) is 13.2 Å². The summed E-state index contributed by atoms with van der Waals surface area (Å²) in [4.78, 5) is 34.0. The van der Waals surface area contributed by atoms with Crippen LogP contribution in [0.5, 0.6) is 0 Å². The minimum atomic E-state index is -0.250. The Balaban J connectivity index is 0.000000758. The number of imidazole rings is 1. The fourth-order valence-electron chi connectivity index (χ4n) is 2.32. The quantitative estimate of drug-likeness (QED) is 0.470. The molecule has 2 aromatic heterocycles. The number of aromatic nitrogens is 5. The number of amides is 1. The molecule has 0 unspecified atom stereocenters. The summed E-state index contributed by atoms with van der Waals surface area (Å²) < 4.78 is 0. The van der Waals surface area contributed by atoms with Gasteiger partial charge in [0, 0.05) is 24.5 Å². The third kappa shape index (κ3) is 4.74. The van der Waals surface area contributed by atoms with Gasteiger partial charge in [-0.25, -0.2) is 9.97 Å². The zero-order chi connectivity index (χ0) is 18.8. The van der Waals surface area contributed by atoms with Gasteiger partial charge in [0.05, 0.1) is 18.7 Å². The number of rotatable bonds is 6. The standard InChI is InChI=1S/C15H16N6O2.CH2O2/c22-8-7-21(9-13-16-5-6-17-13)15(23)12-4-2-1-3-11(12)14-18-10-19-20-14;2-1-3/h1-6,10,22H,7-9H2,(H,16,17)(H,18,19,20);1H,(H,2,3). The Morgan fingerprint density at radius 1 is 1.27 bits per heavy atom. The van der Waals surface area contributed by atoms with Gasteiger partial charge in [0.1, 0.15) is 12.2 Å². The maximum Gasteiger partial charge on any atom is 0.290 e. The Labute approximate surface area is 148 Å². The van der Waals surface area contributed by atoms with Gasteiger partial charge < -0.3 is 20.1 Å². The van der Waals surface area contributed by atoms with Gasteiger partial charge in [-0.1, -0.05) is 18.2 Å². The van der Waals surface area contributed by atoms with E-state index in [0.717, 1.165) is 0 Å². The van der Waals surface area contributed by atoms with Gasteiger partial charge in [0.2, 0.25) is 0 Å². The molecule has 0 aliphatic heterocycles. The number of aromatic amines is 2. The predicted octanol–water partition coefficient (Wildman–Crippen LogP) is 0.530.